The van der Waals surface area contributed by atoms with E-state index in [0.717, 1.165) is 24.5 Å². The summed E-state index contributed by atoms with van der Waals surface area (Å²) in [4.78, 5) is 21.1. The summed E-state index contributed by atoms with van der Waals surface area (Å²) in [6, 6.07) is 19.5. The molecule has 3 aromatic rings. The van der Waals surface area contributed by atoms with Crippen LogP contribution in [-0.4, -0.2) is 52.2 Å². The molecule has 0 aliphatic carbocycles. The number of benzene rings is 1. The van der Waals surface area contributed by atoms with Gasteiger partial charge < -0.3 is 15.1 Å². The highest BCUT2D eigenvalue weighted by molar-refractivity contribution is 5.92. The summed E-state index contributed by atoms with van der Waals surface area (Å²) in [6.07, 6.45) is 1.79. The molecule has 0 atom stereocenters. The zero-order chi connectivity index (χ0) is 19.2. The Bertz CT molecular complexity index is 893. The number of anilines is 2. The summed E-state index contributed by atoms with van der Waals surface area (Å²) < 4.78 is 0. The first kappa shape index (κ1) is 17.9. The lowest BCUT2D eigenvalue weighted by molar-refractivity contribution is 0.0739. The summed E-state index contributed by atoms with van der Waals surface area (Å²) in [7, 11) is 0. The summed E-state index contributed by atoms with van der Waals surface area (Å²) in [5.74, 6) is 1.52. The Hall–Kier alpha value is -3.48. The van der Waals surface area contributed by atoms with Gasteiger partial charge in [-0.25, -0.2) is 4.98 Å². The van der Waals surface area contributed by atoms with E-state index in [4.69, 9.17) is 0 Å². The molecule has 0 unspecified atom stereocenters. The molecule has 0 spiro atoms. The largest absolute Gasteiger partial charge is 0.365 e. The molecule has 7 heteroatoms. The standard InChI is InChI=1S/C21H22N6O/c28-21(27-14-12-26(13-15-27)20-8-4-5-11-22-20)18-9-10-19(25-24-18)23-16-17-6-2-1-3-7-17/h1-11H,12-16H2,(H,23,25). The number of amides is 1. The highest BCUT2D eigenvalue weighted by atomic mass is 16.2. The molecule has 3 heterocycles. The van der Waals surface area contributed by atoms with Gasteiger partial charge in [-0.2, -0.15) is 0 Å². The smallest absolute Gasteiger partial charge is 0.274 e. The molecule has 0 radical (unpaired) electrons. The van der Waals surface area contributed by atoms with E-state index in [9.17, 15) is 4.79 Å². The minimum atomic E-state index is -0.0808. The summed E-state index contributed by atoms with van der Waals surface area (Å²) in [5.41, 5.74) is 1.53. The molecule has 142 valence electrons. The van der Waals surface area contributed by atoms with Gasteiger partial charge in [-0.05, 0) is 29.8 Å². The van der Waals surface area contributed by atoms with Crippen LogP contribution in [0.4, 0.5) is 11.6 Å². The second-order valence-corrected chi connectivity index (χ2v) is 6.61. The molecule has 4 rings (SSSR count). The molecule has 1 aliphatic heterocycles. The number of hydrogen-bond donors (Lipinski definition) is 1. The molecule has 0 saturated carbocycles. The van der Waals surface area contributed by atoms with Crippen molar-refractivity contribution in [2.45, 2.75) is 6.54 Å². The lowest BCUT2D eigenvalue weighted by Gasteiger charge is -2.35. The minimum Gasteiger partial charge on any atom is -0.365 e. The van der Waals surface area contributed by atoms with Crippen molar-refractivity contribution in [3.63, 3.8) is 0 Å². The van der Waals surface area contributed by atoms with Crippen molar-refractivity contribution < 1.29 is 4.79 Å². The summed E-state index contributed by atoms with van der Waals surface area (Å²) in [6.45, 7) is 3.47. The first-order valence-corrected chi connectivity index (χ1v) is 9.36. The first-order valence-electron chi connectivity index (χ1n) is 9.36. The fraction of sp³-hybridized carbons (Fsp3) is 0.238. The van der Waals surface area contributed by atoms with E-state index in [1.165, 1.54) is 0 Å². The van der Waals surface area contributed by atoms with Crippen LogP contribution in [0, 0.1) is 0 Å². The zero-order valence-corrected chi connectivity index (χ0v) is 15.5. The number of nitrogens with zero attached hydrogens (tertiary/aromatic N) is 5. The van der Waals surface area contributed by atoms with Gasteiger partial charge >= 0.3 is 0 Å². The van der Waals surface area contributed by atoms with Crippen molar-refractivity contribution in [1.29, 1.82) is 0 Å². The quantitative estimate of drug-likeness (QED) is 0.739. The Balaban J connectivity index is 1.31. The third-order valence-electron chi connectivity index (χ3n) is 4.74. The summed E-state index contributed by atoms with van der Waals surface area (Å²) in [5, 5.41) is 11.5. The molecule has 1 N–H and O–H groups in total. The van der Waals surface area contributed by atoms with Gasteiger partial charge in [0.15, 0.2) is 5.69 Å². The lowest BCUT2D eigenvalue weighted by atomic mass is 10.2. The van der Waals surface area contributed by atoms with E-state index in [1.54, 1.807) is 18.3 Å². The van der Waals surface area contributed by atoms with Crippen molar-refractivity contribution in [3.8, 4) is 0 Å². The molecule has 1 amide bonds. The van der Waals surface area contributed by atoms with E-state index in [1.807, 2.05) is 53.4 Å². The minimum absolute atomic E-state index is 0.0808. The third kappa shape index (κ3) is 4.25. The molecule has 1 aliphatic rings. The SMILES string of the molecule is O=C(c1ccc(NCc2ccccc2)nn1)N1CCN(c2ccccn2)CC1. The van der Waals surface area contributed by atoms with Crippen LogP contribution < -0.4 is 10.2 Å². The van der Waals surface area contributed by atoms with Crippen LogP contribution in [0.2, 0.25) is 0 Å². The van der Waals surface area contributed by atoms with Gasteiger partial charge in [-0.3, -0.25) is 4.79 Å². The van der Waals surface area contributed by atoms with Crippen LogP contribution in [0.25, 0.3) is 0 Å². The van der Waals surface area contributed by atoms with E-state index >= 15 is 0 Å². The topological polar surface area (TPSA) is 74.2 Å². The molecular weight excluding hydrogens is 352 g/mol. The van der Waals surface area contributed by atoms with Crippen LogP contribution in [0.3, 0.4) is 0 Å². The Morgan fingerprint density at radius 2 is 1.68 bits per heavy atom. The second kappa shape index (κ2) is 8.47. The first-order chi connectivity index (χ1) is 13.8. The molecule has 7 nitrogen and oxygen atoms in total. The van der Waals surface area contributed by atoms with Crippen molar-refractivity contribution in [3.05, 3.63) is 78.1 Å². The fourth-order valence-electron chi connectivity index (χ4n) is 3.17. The van der Waals surface area contributed by atoms with Crippen LogP contribution in [0.15, 0.2) is 66.9 Å². The van der Waals surface area contributed by atoms with E-state index < -0.39 is 0 Å². The number of carbonyl (C=O) groups excluding carboxylic acids is 1. The molecule has 0 bridgehead atoms. The van der Waals surface area contributed by atoms with Crippen LogP contribution >= 0.6 is 0 Å². The average molecular weight is 374 g/mol. The van der Waals surface area contributed by atoms with Gasteiger partial charge in [0.05, 0.1) is 0 Å². The molecular formula is C21H22N6O. The molecule has 28 heavy (non-hydrogen) atoms. The maximum Gasteiger partial charge on any atom is 0.274 e. The number of nitrogens with one attached hydrogen (secondary N) is 1. The van der Waals surface area contributed by atoms with Gasteiger partial charge in [-0.15, -0.1) is 10.2 Å². The van der Waals surface area contributed by atoms with Crippen LogP contribution in [0.1, 0.15) is 16.1 Å². The molecule has 1 saturated heterocycles. The number of pyridine rings is 1. The third-order valence-corrected chi connectivity index (χ3v) is 4.74. The number of aromatic nitrogens is 3. The Morgan fingerprint density at radius 1 is 0.893 bits per heavy atom. The van der Waals surface area contributed by atoms with Gasteiger partial charge in [-0.1, -0.05) is 36.4 Å². The highest BCUT2D eigenvalue weighted by Crippen LogP contribution is 2.14. The normalized spacial score (nSPS) is 14.0. The zero-order valence-electron chi connectivity index (χ0n) is 15.5. The van der Waals surface area contributed by atoms with Crippen LogP contribution in [0.5, 0.6) is 0 Å². The Kier molecular flexibility index (Phi) is 5.42. The predicted octanol–water partition coefficient (Wildman–Crippen LogP) is 2.45. The molecule has 1 fully saturated rings. The van der Waals surface area contributed by atoms with E-state index in [0.29, 0.717) is 31.1 Å². The van der Waals surface area contributed by atoms with Gasteiger partial charge in [0.2, 0.25) is 0 Å². The lowest BCUT2D eigenvalue weighted by Crippen LogP contribution is -2.49. The van der Waals surface area contributed by atoms with Crippen molar-refractivity contribution in [2.75, 3.05) is 36.4 Å². The summed E-state index contributed by atoms with van der Waals surface area (Å²) >= 11 is 0. The second-order valence-electron chi connectivity index (χ2n) is 6.61. The molecule has 2 aromatic heterocycles. The maximum absolute atomic E-state index is 12.7. The van der Waals surface area contributed by atoms with E-state index in [2.05, 4.69) is 25.4 Å². The number of rotatable bonds is 5. The number of carbonyl (C=O) groups is 1. The van der Waals surface area contributed by atoms with Gasteiger partial charge in [0.25, 0.3) is 5.91 Å². The van der Waals surface area contributed by atoms with Crippen molar-refractivity contribution in [1.82, 2.24) is 20.1 Å². The highest BCUT2D eigenvalue weighted by Gasteiger charge is 2.23. The average Bonchev–Trinajstić information content (AvgIpc) is 2.79. The number of hydrogen-bond acceptors (Lipinski definition) is 6. The van der Waals surface area contributed by atoms with Gasteiger partial charge in [0.1, 0.15) is 11.6 Å². The van der Waals surface area contributed by atoms with Gasteiger partial charge in [0, 0.05) is 38.9 Å². The fourth-order valence-corrected chi connectivity index (χ4v) is 3.17. The number of piperazine rings is 1. The predicted molar refractivity (Wildman–Crippen MR) is 108 cm³/mol. The van der Waals surface area contributed by atoms with E-state index in [-0.39, 0.29) is 5.91 Å². The monoisotopic (exact) mass is 374 g/mol. The maximum atomic E-state index is 12.7. The molecule has 1 aromatic carbocycles. The van der Waals surface area contributed by atoms with Crippen LogP contribution in [-0.2, 0) is 6.54 Å². The Morgan fingerprint density at radius 3 is 2.36 bits per heavy atom. The Labute approximate surface area is 164 Å². The van der Waals surface area contributed by atoms with Crippen molar-refractivity contribution >= 4 is 17.5 Å². The van der Waals surface area contributed by atoms with Crippen molar-refractivity contribution in [2.24, 2.45) is 0 Å².